The van der Waals surface area contributed by atoms with E-state index in [0.29, 0.717) is 11.1 Å². The Labute approximate surface area is 165 Å². The minimum Gasteiger partial charge on any atom is -0.267 e. The Kier molecular flexibility index (Phi) is 4.98. The quantitative estimate of drug-likeness (QED) is 0.717. The van der Waals surface area contributed by atoms with E-state index in [2.05, 4.69) is 15.3 Å². The van der Waals surface area contributed by atoms with Crippen molar-refractivity contribution in [2.45, 2.75) is 40.3 Å². The summed E-state index contributed by atoms with van der Waals surface area (Å²) in [4.78, 5) is 25.6. The van der Waals surface area contributed by atoms with Crippen LogP contribution in [0.4, 0.5) is 0 Å². The molecule has 2 aromatic carbocycles. The molecule has 6 heteroatoms. The fourth-order valence-corrected chi connectivity index (χ4v) is 2.99. The van der Waals surface area contributed by atoms with Crippen LogP contribution in [-0.4, -0.2) is 28.2 Å². The number of rotatable bonds is 3. The van der Waals surface area contributed by atoms with E-state index in [1.807, 2.05) is 45.9 Å². The first-order valence-corrected chi connectivity index (χ1v) is 9.16. The van der Waals surface area contributed by atoms with E-state index in [0.717, 1.165) is 11.3 Å². The zero-order chi connectivity index (χ0) is 20.5. The highest BCUT2D eigenvalue weighted by Gasteiger charge is 2.55. The molecule has 1 heterocycles. The Morgan fingerprint density at radius 2 is 1.50 bits per heavy atom. The highest BCUT2D eigenvalue weighted by atomic mass is 16.2. The number of hydrogen-bond acceptors (Lipinski definition) is 4. The van der Waals surface area contributed by atoms with E-state index < -0.39 is 17.0 Å². The lowest BCUT2D eigenvalue weighted by Gasteiger charge is -2.37. The summed E-state index contributed by atoms with van der Waals surface area (Å²) in [5.74, 6) is -0.733. The van der Waals surface area contributed by atoms with Crippen LogP contribution in [-0.2, 0) is 0 Å². The van der Waals surface area contributed by atoms with Crippen LogP contribution in [0.3, 0.4) is 0 Å². The maximum atomic E-state index is 13.1. The van der Waals surface area contributed by atoms with Gasteiger partial charge in [-0.1, -0.05) is 49.7 Å². The number of amides is 2. The molecule has 0 spiro atoms. The maximum Gasteiger partial charge on any atom is 0.295 e. The first-order valence-electron chi connectivity index (χ1n) is 9.16. The zero-order valence-corrected chi connectivity index (χ0v) is 16.8. The summed E-state index contributed by atoms with van der Waals surface area (Å²) in [7, 11) is 0. The van der Waals surface area contributed by atoms with Crippen LogP contribution < -0.4 is 0 Å². The number of carbonyl (C=O) groups is 2. The topological polar surface area (TPSA) is 74.5 Å². The molecule has 144 valence electrons. The third-order valence-corrected chi connectivity index (χ3v) is 5.60. The lowest BCUT2D eigenvalue weighted by molar-refractivity contribution is 0.0386. The second kappa shape index (κ2) is 7.11. The smallest absolute Gasteiger partial charge is 0.267 e. The van der Waals surface area contributed by atoms with Crippen molar-refractivity contribution < 1.29 is 9.59 Å². The Morgan fingerprint density at radius 3 is 2.11 bits per heavy atom. The summed E-state index contributed by atoms with van der Waals surface area (Å²) in [6.45, 7) is 9.47. The third-order valence-electron chi connectivity index (χ3n) is 5.60. The highest BCUT2D eigenvalue weighted by Crippen LogP contribution is 2.45. The Hall–Kier alpha value is -3.15. The standard InChI is InChI=1S/C22H24N4O2/c1-15-11-13-17(14-12-15)19(27)23-25-22(5)21(3,4)16(2)24-26(22)20(28)18-9-7-6-8-10-18/h6-14H,1-5H3. The number of carbonyl (C=O) groups excluding carboxylic acids is 2. The molecule has 1 aliphatic rings. The fraction of sp³-hybridized carbons (Fsp3) is 0.318. The van der Waals surface area contributed by atoms with E-state index in [9.17, 15) is 9.59 Å². The number of aryl methyl sites for hydroxylation is 1. The van der Waals surface area contributed by atoms with Gasteiger partial charge in [-0.2, -0.15) is 15.2 Å². The molecule has 3 rings (SSSR count). The molecule has 1 unspecified atom stereocenters. The molecule has 0 N–H and O–H groups in total. The van der Waals surface area contributed by atoms with Crippen LogP contribution in [0.5, 0.6) is 0 Å². The molecule has 0 bridgehead atoms. The van der Waals surface area contributed by atoms with Crippen molar-refractivity contribution in [3.05, 3.63) is 71.3 Å². The molecular weight excluding hydrogens is 352 g/mol. The van der Waals surface area contributed by atoms with Gasteiger partial charge < -0.3 is 0 Å². The van der Waals surface area contributed by atoms with Crippen LogP contribution in [0.25, 0.3) is 0 Å². The van der Waals surface area contributed by atoms with Crippen LogP contribution >= 0.6 is 0 Å². The van der Waals surface area contributed by atoms with Gasteiger partial charge in [0.15, 0.2) is 5.66 Å². The van der Waals surface area contributed by atoms with Crippen molar-refractivity contribution in [1.29, 1.82) is 0 Å². The molecule has 1 atom stereocenters. The summed E-state index contributed by atoms with van der Waals surface area (Å²) < 4.78 is 0. The first kappa shape index (κ1) is 19.6. The molecule has 6 nitrogen and oxygen atoms in total. The summed E-state index contributed by atoms with van der Waals surface area (Å²) in [5.41, 5.74) is 1.05. The largest absolute Gasteiger partial charge is 0.295 e. The Morgan fingerprint density at radius 1 is 0.893 bits per heavy atom. The average Bonchev–Trinajstić information content (AvgIpc) is 2.87. The van der Waals surface area contributed by atoms with Crippen LogP contribution in [0.2, 0.25) is 0 Å². The molecule has 0 radical (unpaired) electrons. The Balaban J connectivity index is 1.96. The minimum absolute atomic E-state index is 0.283. The number of benzene rings is 2. The predicted octanol–water partition coefficient (Wildman–Crippen LogP) is 4.86. The van der Waals surface area contributed by atoms with E-state index in [1.165, 1.54) is 5.01 Å². The molecule has 0 aliphatic carbocycles. The average molecular weight is 376 g/mol. The van der Waals surface area contributed by atoms with Crippen molar-refractivity contribution >= 4 is 17.5 Å². The predicted molar refractivity (Wildman–Crippen MR) is 108 cm³/mol. The summed E-state index contributed by atoms with van der Waals surface area (Å²) in [5, 5.41) is 14.1. The van der Waals surface area contributed by atoms with Crippen LogP contribution in [0.15, 0.2) is 69.9 Å². The van der Waals surface area contributed by atoms with Gasteiger partial charge in [-0.25, -0.2) is 0 Å². The molecule has 2 amide bonds. The number of azo groups is 1. The maximum absolute atomic E-state index is 13.1. The molecular formula is C22H24N4O2. The van der Waals surface area contributed by atoms with Crippen molar-refractivity contribution in [2.75, 3.05) is 0 Å². The van der Waals surface area contributed by atoms with Crippen molar-refractivity contribution in [3.8, 4) is 0 Å². The fourth-order valence-electron chi connectivity index (χ4n) is 2.99. The van der Waals surface area contributed by atoms with Gasteiger partial charge >= 0.3 is 0 Å². The van der Waals surface area contributed by atoms with Gasteiger partial charge in [0.1, 0.15) is 0 Å². The molecule has 0 saturated heterocycles. The molecule has 28 heavy (non-hydrogen) atoms. The van der Waals surface area contributed by atoms with Crippen LogP contribution in [0.1, 0.15) is 54.0 Å². The van der Waals surface area contributed by atoms with E-state index in [1.54, 1.807) is 43.3 Å². The highest BCUT2D eigenvalue weighted by molar-refractivity contribution is 6.00. The van der Waals surface area contributed by atoms with Gasteiger partial charge in [-0.3, -0.25) is 9.59 Å². The lowest BCUT2D eigenvalue weighted by atomic mass is 9.77. The van der Waals surface area contributed by atoms with E-state index in [4.69, 9.17) is 0 Å². The number of hydrogen-bond donors (Lipinski definition) is 0. The summed E-state index contributed by atoms with van der Waals surface area (Å²) in [6.07, 6.45) is 0. The van der Waals surface area contributed by atoms with Crippen molar-refractivity contribution in [2.24, 2.45) is 20.7 Å². The SMILES string of the molecule is CC1=NN(C(=O)c2ccccc2)C(C)(N=NC(=O)c2ccc(C)cc2)C1(C)C. The van der Waals surface area contributed by atoms with E-state index in [-0.39, 0.29) is 5.91 Å². The van der Waals surface area contributed by atoms with Gasteiger partial charge in [0.25, 0.3) is 11.8 Å². The van der Waals surface area contributed by atoms with Crippen molar-refractivity contribution in [3.63, 3.8) is 0 Å². The summed E-state index contributed by atoms with van der Waals surface area (Å²) >= 11 is 0. The van der Waals surface area contributed by atoms with Gasteiger partial charge in [0.2, 0.25) is 0 Å². The lowest BCUT2D eigenvalue weighted by Crippen LogP contribution is -2.51. The first-order chi connectivity index (χ1) is 13.2. The monoisotopic (exact) mass is 376 g/mol. The normalized spacial score (nSPS) is 21.0. The Bertz CT molecular complexity index is 962. The molecule has 1 aliphatic heterocycles. The molecule has 0 fully saturated rings. The minimum atomic E-state index is -1.12. The second-order valence-electron chi connectivity index (χ2n) is 7.69. The number of nitrogens with zero attached hydrogens (tertiary/aromatic N) is 4. The molecule has 0 saturated carbocycles. The third kappa shape index (κ3) is 3.26. The number of hydrazone groups is 1. The van der Waals surface area contributed by atoms with E-state index >= 15 is 0 Å². The van der Waals surface area contributed by atoms with Gasteiger partial charge in [-0.15, -0.1) is 5.11 Å². The van der Waals surface area contributed by atoms with Crippen molar-refractivity contribution in [1.82, 2.24) is 5.01 Å². The summed E-state index contributed by atoms with van der Waals surface area (Å²) in [6, 6.07) is 16.0. The molecule has 0 aromatic heterocycles. The zero-order valence-electron chi connectivity index (χ0n) is 16.8. The second-order valence-corrected chi connectivity index (χ2v) is 7.69. The van der Waals surface area contributed by atoms with Crippen LogP contribution in [0, 0.1) is 12.3 Å². The van der Waals surface area contributed by atoms with Gasteiger partial charge in [0, 0.05) is 16.8 Å². The molecule has 2 aromatic rings. The van der Waals surface area contributed by atoms with Gasteiger partial charge in [0.05, 0.1) is 5.41 Å². The van der Waals surface area contributed by atoms with Gasteiger partial charge in [-0.05, 0) is 45.0 Å².